The molecule has 0 radical (unpaired) electrons. The predicted octanol–water partition coefficient (Wildman–Crippen LogP) is 5.12. The van der Waals surface area contributed by atoms with Crippen molar-refractivity contribution in [1.82, 2.24) is 0 Å². The number of carbonyl (C=O) groups excluding carboxylic acids is 2. The van der Waals surface area contributed by atoms with Gasteiger partial charge in [0, 0.05) is 22.5 Å². The van der Waals surface area contributed by atoms with Gasteiger partial charge in [-0.05, 0) is 60.7 Å². The molecule has 0 spiro atoms. The predicted molar refractivity (Wildman–Crippen MR) is 100 cm³/mol. The van der Waals surface area contributed by atoms with E-state index >= 15 is 0 Å². The van der Waals surface area contributed by atoms with Crippen LogP contribution in [-0.2, 0) is 0 Å². The van der Waals surface area contributed by atoms with Crippen molar-refractivity contribution in [2.45, 2.75) is 0 Å². The molecule has 136 valence electrons. The fourth-order valence-corrected chi connectivity index (χ4v) is 2.50. The molecule has 0 bridgehead atoms. The zero-order valence-electron chi connectivity index (χ0n) is 13.8. The van der Waals surface area contributed by atoms with E-state index in [2.05, 4.69) is 10.6 Å². The maximum Gasteiger partial charge on any atom is 0.255 e. The van der Waals surface area contributed by atoms with Crippen LogP contribution in [0.2, 0.25) is 5.02 Å². The van der Waals surface area contributed by atoms with Gasteiger partial charge in [0.1, 0.15) is 11.6 Å². The van der Waals surface area contributed by atoms with Gasteiger partial charge in [0.2, 0.25) is 0 Å². The average Bonchev–Trinajstić information content (AvgIpc) is 2.65. The Hall–Kier alpha value is -3.25. The van der Waals surface area contributed by atoms with Gasteiger partial charge in [0.15, 0.2) is 0 Å². The molecule has 0 aliphatic heterocycles. The van der Waals surface area contributed by atoms with E-state index in [0.717, 1.165) is 6.07 Å². The SMILES string of the molecule is O=C(Nc1cccc(F)c1)c1ccc(C(=O)Nc2ccc(F)c(Cl)c2)cc1. The van der Waals surface area contributed by atoms with Crippen LogP contribution in [-0.4, -0.2) is 11.8 Å². The van der Waals surface area contributed by atoms with Crippen LogP contribution in [0.1, 0.15) is 20.7 Å². The van der Waals surface area contributed by atoms with Gasteiger partial charge in [-0.1, -0.05) is 17.7 Å². The standard InChI is InChI=1S/C20H13ClF2N2O2/c21-17-11-16(8-9-18(17)23)25-20(27)13-6-4-12(5-7-13)19(26)24-15-3-1-2-14(22)10-15/h1-11H,(H,24,26)(H,25,27). The number of benzene rings is 3. The quantitative estimate of drug-likeness (QED) is 0.653. The summed E-state index contributed by atoms with van der Waals surface area (Å²) in [4.78, 5) is 24.4. The maximum atomic E-state index is 13.2. The zero-order chi connectivity index (χ0) is 19.4. The van der Waals surface area contributed by atoms with Gasteiger partial charge in [-0.3, -0.25) is 9.59 Å². The number of hydrogen-bond acceptors (Lipinski definition) is 2. The van der Waals surface area contributed by atoms with Gasteiger partial charge in [0.25, 0.3) is 11.8 Å². The highest BCUT2D eigenvalue weighted by molar-refractivity contribution is 6.31. The van der Waals surface area contributed by atoms with Gasteiger partial charge < -0.3 is 10.6 Å². The summed E-state index contributed by atoms with van der Waals surface area (Å²) in [5.74, 6) is -1.91. The topological polar surface area (TPSA) is 58.2 Å². The lowest BCUT2D eigenvalue weighted by atomic mass is 10.1. The first-order valence-corrected chi connectivity index (χ1v) is 8.23. The summed E-state index contributed by atoms with van der Waals surface area (Å²) >= 11 is 5.68. The molecule has 3 aromatic carbocycles. The van der Waals surface area contributed by atoms with E-state index in [4.69, 9.17) is 11.6 Å². The van der Waals surface area contributed by atoms with Crippen LogP contribution in [0.5, 0.6) is 0 Å². The van der Waals surface area contributed by atoms with E-state index < -0.39 is 23.4 Å². The molecular formula is C20H13ClF2N2O2. The number of nitrogens with one attached hydrogen (secondary N) is 2. The first-order chi connectivity index (χ1) is 12.9. The van der Waals surface area contributed by atoms with Crippen molar-refractivity contribution in [1.29, 1.82) is 0 Å². The third kappa shape index (κ3) is 4.68. The summed E-state index contributed by atoms with van der Waals surface area (Å²) in [6.45, 7) is 0. The summed E-state index contributed by atoms with van der Waals surface area (Å²) in [5.41, 5.74) is 1.28. The Labute approximate surface area is 158 Å². The zero-order valence-corrected chi connectivity index (χ0v) is 14.6. The third-order valence-electron chi connectivity index (χ3n) is 3.67. The van der Waals surface area contributed by atoms with Crippen LogP contribution in [0.3, 0.4) is 0 Å². The molecule has 3 aromatic rings. The Morgan fingerprint density at radius 3 is 1.81 bits per heavy atom. The van der Waals surface area contributed by atoms with Gasteiger partial charge in [-0.15, -0.1) is 0 Å². The average molecular weight is 387 g/mol. The Kier molecular flexibility index (Phi) is 5.47. The normalized spacial score (nSPS) is 10.3. The highest BCUT2D eigenvalue weighted by Gasteiger charge is 2.11. The van der Waals surface area contributed by atoms with Crippen molar-refractivity contribution in [2.75, 3.05) is 10.6 Å². The molecule has 0 heterocycles. The minimum atomic E-state index is -0.580. The van der Waals surface area contributed by atoms with Crippen LogP contribution in [0.25, 0.3) is 0 Å². The number of rotatable bonds is 4. The molecular weight excluding hydrogens is 374 g/mol. The lowest BCUT2D eigenvalue weighted by Gasteiger charge is -2.08. The van der Waals surface area contributed by atoms with Gasteiger partial charge in [0.05, 0.1) is 5.02 Å². The number of halogens is 3. The van der Waals surface area contributed by atoms with Crippen LogP contribution >= 0.6 is 11.6 Å². The summed E-state index contributed by atoms with van der Waals surface area (Å²) in [7, 11) is 0. The molecule has 0 fully saturated rings. The molecule has 0 saturated carbocycles. The number of carbonyl (C=O) groups is 2. The molecule has 7 heteroatoms. The Morgan fingerprint density at radius 2 is 1.30 bits per heavy atom. The van der Waals surface area contributed by atoms with Crippen LogP contribution in [0, 0.1) is 11.6 Å². The van der Waals surface area contributed by atoms with E-state index in [-0.39, 0.29) is 5.02 Å². The third-order valence-corrected chi connectivity index (χ3v) is 3.96. The highest BCUT2D eigenvalue weighted by atomic mass is 35.5. The highest BCUT2D eigenvalue weighted by Crippen LogP contribution is 2.20. The Balaban J connectivity index is 1.67. The largest absolute Gasteiger partial charge is 0.322 e. The second-order valence-corrected chi connectivity index (χ2v) is 6.03. The Morgan fingerprint density at radius 1 is 0.741 bits per heavy atom. The van der Waals surface area contributed by atoms with Crippen LogP contribution < -0.4 is 10.6 Å². The Bertz CT molecular complexity index is 1010. The van der Waals surface area contributed by atoms with Crippen molar-refractivity contribution >= 4 is 34.8 Å². The lowest BCUT2D eigenvalue weighted by molar-refractivity contribution is 0.101. The number of amides is 2. The van der Waals surface area contributed by atoms with Crippen LogP contribution in [0.15, 0.2) is 66.7 Å². The summed E-state index contributed by atoms with van der Waals surface area (Å²) in [5, 5.41) is 5.06. The van der Waals surface area contributed by atoms with Crippen molar-refractivity contribution in [3.05, 3.63) is 94.5 Å². The van der Waals surface area contributed by atoms with Crippen molar-refractivity contribution in [3.63, 3.8) is 0 Å². The van der Waals surface area contributed by atoms with Gasteiger partial charge in [-0.25, -0.2) is 8.78 Å². The van der Waals surface area contributed by atoms with E-state index in [1.807, 2.05) is 0 Å². The van der Waals surface area contributed by atoms with E-state index in [1.54, 1.807) is 6.07 Å². The minimum absolute atomic E-state index is 0.0998. The first-order valence-electron chi connectivity index (χ1n) is 7.86. The fraction of sp³-hybridized carbons (Fsp3) is 0. The molecule has 2 amide bonds. The molecule has 0 saturated heterocycles. The van der Waals surface area contributed by atoms with Crippen molar-refractivity contribution in [2.24, 2.45) is 0 Å². The molecule has 3 rings (SSSR count). The second kappa shape index (κ2) is 7.97. The smallest absolute Gasteiger partial charge is 0.255 e. The lowest BCUT2D eigenvalue weighted by Crippen LogP contribution is -2.14. The molecule has 0 unspecified atom stereocenters. The minimum Gasteiger partial charge on any atom is -0.322 e. The second-order valence-electron chi connectivity index (χ2n) is 5.62. The molecule has 0 aliphatic carbocycles. The fourth-order valence-electron chi connectivity index (χ4n) is 2.32. The number of anilines is 2. The van der Waals surface area contributed by atoms with E-state index in [9.17, 15) is 18.4 Å². The van der Waals surface area contributed by atoms with Gasteiger partial charge in [-0.2, -0.15) is 0 Å². The van der Waals surface area contributed by atoms with Crippen molar-refractivity contribution < 1.29 is 18.4 Å². The number of hydrogen-bond donors (Lipinski definition) is 2. The van der Waals surface area contributed by atoms with Gasteiger partial charge >= 0.3 is 0 Å². The molecule has 2 N–H and O–H groups in total. The molecule has 0 atom stereocenters. The molecule has 27 heavy (non-hydrogen) atoms. The molecule has 0 aliphatic rings. The van der Waals surface area contributed by atoms with Crippen LogP contribution in [0.4, 0.5) is 20.2 Å². The maximum absolute atomic E-state index is 13.2. The monoisotopic (exact) mass is 386 g/mol. The molecule has 4 nitrogen and oxygen atoms in total. The van der Waals surface area contributed by atoms with E-state index in [1.165, 1.54) is 54.6 Å². The molecule has 0 aromatic heterocycles. The summed E-state index contributed by atoms with van der Waals surface area (Å²) < 4.78 is 26.3. The van der Waals surface area contributed by atoms with Crippen molar-refractivity contribution in [3.8, 4) is 0 Å². The summed E-state index contributed by atoms with van der Waals surface area (Å²) in [6, 6.07) is 15.3. The first kappa shape index (κ1) is 18.5. The van der Waals surface area contributed by atoms with E-state index in [0.29, 0.717) is 22.5 Å². The summed E-state index contributed by atoms with van der Waals surface area (Å²) in [6.07, 6.45) is 0.